The van der Waals surface area contributed by atoms with Gasteiger partial charge in [0, 0.05) is 81.4 Å². The first kappa shape index (κ1) is 53.4. The fraction of sp³-hybridized carbons (Fsp3) is 0.704. The number of carbonyl (C=O) groups is 4. The molecule has 14 unspecified atom stereocenters. The van der Waals surface area contributed by atoms with Gasteiger partial charge in [0.1, 0.15) is 24.0 Å². The summed E-state index contributed by atoms with van der Waals surface area (Å²) in [5.74, 6) is -7.37. The number of amides is 1. The number of hydrogen-bond acceptors (Lipinski definition) is 12. The molecular formula is C54H81N3O11. The number of ether oxygens (including phenoxy) is 5. The molecule has 3 N–H and O–H groups in total. The second-order valence-corrected chi connectivity index (χ2v) is 20.7. The Morgan fingerprint density at radius 1 is 0.956 bits per heavy atom. The van der Waals surface area contributed by atoms with Crippen molar-refractivity contribution in [1.82, 2.24) is 9.47 Å². The third-order valence-electron chi connectivity index (χ3n) is 15.4. The number of carbonyl (C=O) groups excluding carboxylic acids is 4. The summed E-state index contributed by atoms with van der Waals surface area (Å²) < 4.78 is 33.2. The number of benzene rings is 1. The lowest BCUT2D eigenvalue weighted by Crippen LogP contribution is -2.64. The summed E-state index contributed by atoms with van der Waals surface area (Å²) in [5, 5.41) is 29.0. The summed E-state index contributed by atoms with van der Waals surface area (Å²) in [6, 6.07) is 7.46. The van der Waals surface area contributed by atoms with Crippen molar-refractivity contribution in [3.8, 4) is 0 Å². The molecule has 3 fully saturated rings. The van der Waals surface area contributed by atoms with Gasteiger partial charge in [-0.05, 0) is 126 Å². The van der Waals surface area contributed by atoms with Crippen molar-refractivity contribution in [3.63, 3.8) is 0 Å². The highest BCUT2D eigenvalue weighted by Crippen LogP contribution is 2.40. The maximum Gasteiger partial charge on any atom is 0.329 e. The molecule has 3 aliphatic heterocycles. The number of aryl methyl sites for hydroxylation is 1. The number of allylic oxidation sites excluding steroid dienone is 3. The smallest absolute Gasteiger partial charge is 0.329 e. The molecule has 0 radical (unpaired) electrons. The highest BCUT2D eigenvalue weighted by Gasteiger charge is 2.56. The predicted octanol–water partition coefficient (Wildman–Crippen LogP) is 7.86. The number of methoxy groups -OCH3 is 2. The molecule has 14 atom stereocenters. The van der Waals surface area contributed by atoms with Crippen LogP contribution in [0.5, 0.6) is 0 Å². The van der Waals surface area contributed by atoms with Crippen LogP contribution in [0.15, 0.2) is 53.8 Å². The van der Waals surface area contributed by atoms with Crippen LogP contribution in [-0.4, -0.2) is 125 Å². The number of aliphatic hydroxyl groups excluding tert-OH is 1. The van der Waals surface area contributed by atoms with E-state index in [0.29, 0.717) is 45.1 Å². The molecule has 68 heavy (non-hydrogen) atoms. The summed E-state index contributed by atoms with van der Waals surface area (Å²) >= 11 is 0. The molecule has 14 heteroatoms. The van der Waals surface area contributed by atoms with Gasteiger partial charge in [0.15, 0.2) is 0 Å². The third-order valence-corrected chi connectivity index (χ3v) is 15.4. The summed E-state index contributed by atoms with van der Waals surface area (Å²) in [4.78, 5) is 58.7. The van der Waals surface area contributed by atoms with Crippen LogP contribution in [0.25, 0.3) is 10.9 Å². The first-order valence-corrected chi connectivity index (χ1v) is 25.4. The van der Waals surface area contributed by atoms with E-state index in [4.69, 9.17) is 23.7 Å². The number of nitrogens with zero attached hydrogens (tertiary/aromatic N) is 2. The van der Waals surface area contributed by atoms with E-state index in [2.05, 4.69) is 60.3 Å². The van der Waals surface area contributed by atoms with E-state index in [1.165, 1.54) is 4.90 Å². The fourth-order valence-electron chi connectivity index (χ4n) is 11.4. The predicted molar refractivity (Wildman–Crippen MR) is 262 cm³/mol. The van der Waals surface area contributed by atoms with Crippen LogP contribution < -0.4 is 5.32 Å². The van der Waals surface area contributed by atoms with Gasteiger partial charge < -0.3 is 48.7 Å². The van der Waals surface area contributed by atoms with Gasteiger partial charge in [0.2, 0.25) is 5.79 Å². The molecule has 4 heterocycles. The molecule has 4 aliphatic rings. The second kappa shape index (κ2) is 23.8. The topological polar surface area (TPSA) is 175 Å². The van der Waals surface area contributed by atoms with Crippen molar-refractivity contribution >= 4 is 40.0 Å². The van der Waals surface area contributed by atoms with Gasteiger partial charge in [-0.25, -0.2) is 4.79 Å². The van der Waals surface area contributed by atoms with Crippen LogP contribution in [0.4, 0.5) is 5.69 Å². The lowest BCUT2D eigenvalue weighted by atomic mass is 9.80. The van der Waals surface area contributed by atoms with Crippen LogP contribution in [0, 0.1) is 29.6 Å². The SMILES string of the molecule is CCCOC1CC(C=C(C)C2OC(=O)C3CCCCN3C(=O)C(=O)C3(O)OC(C(OC)CC(C)CC(C)=CC(CC)C(=O)CC(O)C2C)C(OC)CC3C)CCC1Nc1ccc2c(ccn2C)c1. The van der Waals surface area contributed by atoms with E-state index in [9.17, 15) is 29.4 Å². The molecular weight excluding hydrogens is 867 g/mol. The van der Waals surface area contributed by atoms with E-state index in [0.717, 1.165) is 47.0 Å². The zero-order chi connectivity index (χ0) is 49.4. The molecule has 2 aromatic rings. The Bertz CT molecular complexity index is 2120. The van der Waals surface area contributed by atoms with E-state index >= 15 is 0 Å². The Morgan fingerprint density at radius 2 is 1.69 bits per heavy atom. The summed E-state index contributed by atoms with van der Waals surface area (Å²) in [5.41, 5.74) is 3.93. The number of ketones is 2. The molecule has 1 saturated carbocycles. The summed E-state index contributed by atoms with van der Waals surface area (Å²) in [6.45, 7) is 14.2. The number of Topliss-reactive ketones (excluding diaryl/α,β-unsaturated/α-hetero) is 2. The van der Waals surface area contributed by atoms with Crippen molar-refractivity contribution in [2.24, 2.45) is 36.6 Å². The van der Waals surface area contributed by atoms with E-state index < -0.39 is 77.8 Å². The first-order chi connectivity index (χ1) is 32.4. The minimum Gasteiger partial charge on any atom is -0.456 e. The van der Waals surface area contributed by atoms with Crippen LogP contribution in [0.2, 0.25) is 0 Å². The Morgan fingerprint density at radius 3 is 2.40 bits per heavy atom. The largest absolute Gasteiger partial charge is 0.456 e. The number of rotatable bonds is 10. The summed E-state index contributed by atoms with van der Waals surface area (Å²) in [6.07, 6.45) is 8.31. The molecule has 2 bridgehead atoms. The van der Waals surface area contributed by atoms with Crippen molar-refractivity contribution in [3.05, 3.63) is 53.8 Å². The monoisotopic (exact) mass is 948 g/mol. The Hall–Kier alpha value is -3.92. The average Bonchev–Trinajstić information content (AvgIpc) is 3.70. The number of cyclic esters (lactones) is 1. The maximum atomic E-state index is 14.6. The molecule has 378 valence electrons. The molecule has 1 aromatic heterocycles. The lowest BCUT2D eigenvalue weighted by Gasteiger charge is -2.47. The lowest BCUT2D eigenvalue weighted by molar-refractivity contribution is -0.302. The fourth-order valence-corrected chi connectivity index (χ4v) is 11.4. The van der Waals surface area contributed by atoms with E-state index in [1.54, 1.807) is 28.1 Å². The van der Waals surface area contributed by atoms with E-state index in [-0.39, 0.29) is 55.6 Å². The van der Waals surface area contributed by atoms with Crippen molar-refractivity contribution in [2.75, 3.05) is 32.7 Å². The number of piperidine rings is 1. The van der Waals surface area contributed by atoms with Crippen molar-refractivity contribution in [1.29, 1.82) is 0 Å². The third kappa shape index (κ3) is 12.3. The maximum absolute atomic E-state index is 14.6. The van der Waals surface area contributed by atoms with Crippen LogP contribution >= 0.6 is 0 Å². The van der Waals surface area contributed by atoms with Gasteiger partial charge in [0.25, 0.3) is 11.7 Å². The van der Waals surface area contributed by atoms with Gasteiger partial charge in [-0.1, -0.05) is 52.3 Å². The zero-order valence-electron chi connectivity index (χ0n) is 42.4. The second-order valence-electron chi connectivity index (χ2n) is 20.7. The van der Waals surface area contributed by atoms with Crippen molar-refractivity contribution < 1.29 is 53.1 Å². The van der Waals surface area contributed by atoms with E-state index in [1.807, 2.05) is 33.9 Å². The highest BCUT2D eigenvalue weighted by molar-refractivity contribution is 6.39. The number of aromatic nitrogens is 1. The van der Waals surface area contributed by atoms with Gasteiger partial charge in [0.05, 0.1) is 30.5 Å². The quantitative estimate of drug-likeness (QED) is 0.120. The number of nitrogens with one attached hydrogen (secondary N) is 1. The van der Waals surface area contributed by atoms with Crippen LogP contribution in [0.1, 0.15) is 126 Å². The number of hydrogen-bond donors (Lipinski definition) is 3. The normalized spacial score (nSPS) is 35.6. The molecule has 14 nitrogen and oxygen atoms in total. The minimum atomic E-state index is -2.50. The number of esters is 1. The molecule has 2 saturated heterocycles. The zero-order valence-corrected chi connectivity index (χ0v) is 42.4. The summed E-state index contributed by atoms with van der Waals surface area (Å²) in [7, 11) is 5.13. The number of fused-ring (bicyclic) bond motifs is 4. The molecule has 1 amide bonds. The molecule has 6 rings (SSSR count). The Kier molecular flexibility index (Phi) is 18.7. The highest BCUT2D eigenvalue weighted by atomic mass is 16.7. The number of aliphatic hydroxyl groups is 2. The Labute approximate surface area is 404 Å². The molecule has 1 aliphatic carbocycles. The molecule has 1 aromatic carbocycles. The van der Waals surface area contributed by atoms with Gasteiger partial charge in [-0.2, -0.15) is 0 Å². The molecule has 0 spiro atoms. The van der Waals surface area contributed by atoms with Crippen molar-refractivity contribution in [2.45, 2.75) is 180 Å². The first-order valence-electron chi connectivity index (χ1n) is 25.4. The van der Waals surface area contributed by atoms with Gasteiger partial charge in [-0.3, -0.25) is 14.4 Å². The van der Waals surface area contributed by atoms with Gasteiger partial charge in [-0.15, -0.1) is 0 Å². The minimum absolute atomic E-state index is 0.0339. The standard InChI is InChI=1S/C54H81N3O11/c1-11-23-66-46-29-37(16-18-41(46)55-40-17-19-42-39(30-40)20-22-56(42)8)27-34(5)49-36(7)44(58)31-45(59)38(12-2)25-32(3)24-33(4)26-47(64-9)50-48(65-10)28-35(6)54(63,68-50)51(60)52(61)57-21-14-13-15-43(57)53(62)67-49/h17,19-20,22,25,27,30,33,35-38,41,43-44,46-50,55,58,63H,11-16,18,21,23-24,26,28-29,31H2,1-10H3. The number of anilines is 1. The average molecular weight is 948 g/mol. The van der Waals surface area contributed by atoms with Crippen LogP contribution in [0.3, 0.4) is 0 Å². The Balaban J connectivity index is 1.31. The van der Waals surface area contributed by atoms with Gasteiger partial charge >= 0.3 is 5.97 Å². The van der Waals surface area contributed by atoms with Crippen LogP contribution in [-0.2, 0) is 49.9 Å².